The molecular formula is C22H26F3N5O2S. The number of aromatic nitrogens is 4. The van der Waals surface area contributed by atoms with E-state index in [1.165, 1.54) is 0 Å². The Kier molecular flexibility index (Phi) is 6.13. The van der Waals surface area contributed by atoms with E-state index in [1.807, 2.05) is 6.07 Å². The summed E-state index contributed by atoms with van der Waals surface area (Å²) in [6.45, 7) is 0.235. The number of piperidine rings is 1. The topological polar surface area (TPSA) is 95.0 Å². The molecule has 1 saturated heterocycles. The molecule has 178 valence electrons. The highest BCUT2D eigenvalue weighted by atomic mass is 32.2. The molecule has 11 heteroatoms. The van der Waals surface area contributed by atoms with Gasteiger partial charge in [0.1, 0.15) is 5.37 Å². The Hall–Kier alpha value is -2.11. The number of rotatable bonds is 4. The number of pyridine rings is 1. The molecule has 5 rings (SSSR count). The van der Waals surface area contributed by atoms with Crippen LogP contribution in [-0.4, -0.2) is 58.2 Å². The minimum Gasteiger partial charge on any atom is -0.349 e. The number of likely N-dealkylation sites (tertiary alicyclic amines) is 1. The fourth-order valence-electron chi connectivity index (χ4n) is 5.68. The zero-order valence-electron chi connectivity index (χ0n) is 18.0. The van der Waals surface area contributed by atoms with Gasteiger partial charge in [-0.3, -0.25) is 4.90 Å². The molecule has 1 saturated carbocycles. The molecule has 2 fully saturated rings. The van der Waals surface area contributed by atoms with E-state index in [4.69, 9.17) is 0 Å². The second-order valence-electron chi connectivity index (χ2n) is 9.17. The number of H-pyrrole nitrogens is 1. The Bertz CT molecular complexity index is 1160. The smallest absolute Gasteiger partial charge is 0.349 e. The molecule has 0 amide bonds. The lowest BCUT2D eigenvalue weighted by Gasteiger charge is -2.42. The van der Waals surface area contributed by atoms with E-state index in [9.17, 15) is 21.9 Å². The Balaban J connectivity index is 1.35. The van der Waals surface area contributed by atoms with Crippen molar-refractivity contribution in [3.63, 3.8) is 0 Å². The molecule has 3 aromatic rings. The molecule has 2 aliphatic rings. The van der Waals surface area contributed by atoms with Crippen LogP contribution in [0.3, 0.4) is 0 Å². The Morgan fingerprint density at radius 2 is 1.94 bits per heavy atom. The van der Waals surface area contributed by atoms with Crippen LogP contribution in [0.5, 0.6) is 0 Å². The van der Waals surface area contributed by atoms with Gasteiger partial charge >= 0.3 is 6.18 Å². The second kappa shape index (κ2) is 8.92. The van der Waals surface area contributed by atoms with Crippen molar-refractivity contribution < 1.29 is 21.9 Å². The number of aromatic amines is 1. The van der Waals surface area contributed by atoms with Crippen LogP contribution < -0.4 is 0 Å². The van der Waals surface area contributed by atoms with Gasteiger partial charge in [-0.2, -0.15) is 13.2 Å². The first-order valence-corrected chi connectivity index (χ1v) is 12.5. The zero-order chi connectivity index (χ0) is 23.2. The summed E-state index contributed by atoms with van der Waals surface area (Å²) in [5, 5.41) is 1.18. The minimum absolute atomic E-state index is 0.0857. The standard InChI is InChI=1S/C22H26F3N5O2S/c23-22(24,25)15-2-1-9-30(11-15)21(33(31)32)14-5-3-13(4-6-14)19-18-16-7-8-26-20(16)27-10-17(18)28-12-29-19/h7-8,10,12-15,21H,1-6,9,11H2,(H,28,29)(H,31,32). The maximum Gasteiger partial charge on any atom is 0.393 e. The number of fused-ring (bicyclic) bond motifs is 3. The van der Waals surface area contributed by atoms with Crippen LogP contribution in [-0.2, 0) is 11.1 Å². The van der Waals surface area contributed by atoms with Crippen molar-refractivity contribution in [3.8, 4) is 0 Å². The molecule has 3 atom stereocenters. The number of hydrogen-bond donors (Lipinski definition) is 2. The Morgan fingerprint density at radius 1 is 1.15 bits per heavy atom. The molecule has 1 aliphatic heterocycles. The van der Waals surface area contributed by atoms with Crippen molar-refractivity contribution in [3.05, 3.63) is 30.5 Å². The van der Waals surface area contributed by atoms with Crippen molar-refractivity contribution in [2.24, 2.45) is 11.8 Å². The van der Waals surface area contributed by atoms with E-state index in [2.05, 4.69) is 19.9 Å². The van der Waals surface area contributed by atoms with E-state index in [1.54, 1.807) is 23.6 Å². The number of halogens is 3. The fraction of sp³-hybridized carbons (Fsp3) is 0.591. The van der Waals surface area contributed by atoms with Crippen molar-refractivity contribution >= 4 is 33.0 Å². The molecule has 0 spiro atoms. The number of nitrogens with one attached hydrogen (secondary N) is 1. The van der Waals surface area contributed by atoms with Gasteiger partial charge in [-0.05, 0) is 63.0 Å². The molecule has 4 heterocycles. The highest BCUT2D eigenvalue weighted by Crippen LogP contribution is 2.42. The van der Waals surface area contributed by atoms with Gasteiger partial charge in [-0.1, -0.05) is 0 Å². The average Bonchev–Trinajstić information content (AvgIpc) is 3.28. The molecule has 0 bridgehead atoms. The van der Waals surface area contributed by atoms with Crippen LogP contribution in [0.4, 0.5) is 13.2 Å². The Labute approximate surface area is 191 Å². The number of nitrogens with zero attached hydrogens (tertiary/aromatic N) is 4. The molecule has 2 N–H and O–H groups in total. The van der Waals surface area contributed by atoms with Gasteiger partial charge in [0, 0.05) is 29.2 Å². The second-order valence-corrected chi connectivity index (χ2v) is 10.2. The van der Waals surface area contributed by atoms with E-state index in [0.29, 0.717) is 31.5 Å². The quantitative estimate of drug-likeness (QED) is 0.529. The van der Waals surface area contributed by atoms with Gasteiger partial charge in [-0.25, -0.2) is 19.2 Å². The first kappa shape index (κ1) is 22.7. The zero-order valence-corrected chi connectivity index (χ0v) is 18.8. The van der Waals surface area contributed by atoms with Crippen molar-refractivity contribution in [1.29, 1.82) is 0 Å². The van der Waals surface area contributed by atoms with Crippen LogP contribution in [0.1, 0.15) is 50.1 Å². The number of alkyl halides is 3. The lowest BCUT2D eigenvalue weighted by Crippen LogP contribution is -2.51. The monoisotopic (exact) mass is 481 g/mol. The van der Waals surface area contributed by atoms with Crippen LogP contribution in [0, 0.1) is 11.8 Å². The van der Waals surface area contributed by atoms with E-state index in [0.717, 1.165) is 34.8 Å². The third-order valence-corrected chi connectivity index (χ3v) is 8.37. The van der Waals surface area contributed by atoms with Crippen molar-refractivity contribution in [1.82, 2.24) is 24.8 Å². The molecule has 0 aromatic carbocycles. The molecule has 0 radical (unpaired) electrons. The maximum absolute atomic E-state index is 13.3. The average molecular weight is 482 g/mol. The van der Waals surface area contributed by atoms with Crippen LogP contribution in [0.15, 0.2) is 24.8 Å². The molecule has 1 aliphatic carbocycles. The first-order chi connectivity index (χ1) is 15.8. The third-order valence-electron chi connectivity index (χ3n) is 7.27. The van der Waals surface area contributed by atoms with Gasteiger partial charge in [0.25, 0.3) is 0 Å². The third kappa shape index (κ3) is 4.38. The molecule has 3 aromatic heterocycles. The van der Waals surface area contributed by atoms with Gasteiger partial charge in [0.15, 0.2) is 16.7 Å². The summed E-state index contributed by atoms with van der Waals surface area (Å²) in [6.07, 6.45) is 4.22. The summed E-state index contributed by atoms with van der Waals surface area (Å²) in [6, 6.07) is 1.92. The van der Waals surface area contributed by atoms with Gasteiger partial charge in [0.05, 0.1) is 24.0 Å². The maximum atomic E-state index is 13.3. The molecule has 7 nitrogen and oxygen atoms in total. The molecule has 3 unspecified atom stereocenters. The van der Waals surface area contributed by atoms with Crippen LogP contribution >= 0.6 is 0 Å². The fourth-order valence-corrected chi connectivity index (χ4v) is 6.73. The normalized spacial score (nSPS) is 27.1. The first-order valence-electron chi connectivity index (χ1n) is 11.3. The summed E-state index contributed by atoms with van der Waals surface area (Å²) in [7, 11) is 0. The van der Waals surface area contributed by atoms with Gasteiger partial charge in [-0.15, -0.1) is 0 Å². The van der Waals surface area contributed by atoms with Gasteiger partial charge in [0.2, 0.25) is 0 Å². The summed E-state index contributed by atoms with van der Waals surface area (Å²) in [5.74, 6) is -1.35. The SMILES string of the molecule is O=S(O)C(C1CCC(c2[nH]cnc3cnc4nccc4c23)CC1)N1CCCC(C(F)(F)F)C1. The summed E-state index contributed by atoms with van der Waals surface area (Å²) >= 11 is -2.21. The van der Waals surface area contributed by atoms with E-state index >= 15 is 0 Å². The molecule has 33 heavy (non-hydrogen) atoms. The lowest BCUT2D eigenvalue weighted by molar-refractivity contribution is -0.188. The Morgan fingerprint density at radius 3 is 2.67 bits per heavy atom. The summed E-state index contributed by atoms with van der Waals surface area (Å²) < 4.78 is 62.2. The van der Waals surface area contributed by atoms with Crippen LogP contribution in [0.2, 0.25) is 0 Å². The van der Waals surface area contributed by atoms with Crippen molar-refractivity contribution in [2.45, 2.75) is 56.0 Å². The predicted octanol–water partition coefficient (Wildman–Crippen LogP) is 4.60. The summed E-state index contributed by atoms with van der Waals surface area (Å²) in [5.41, 5.74) is 2.50. The van der Waals surface area contributed by atoms with Crippen LogP contribution in [0.25, 0.3) is 21.9 Å². The van der Waals surface area contributed by atoms with Gasteiger partial charge < -0.3 is 9.54 Å². The van der Waals surface area contributed by atoms with Crippen molar-refractivity contribution in [2.75, 3.05) is 13.1 Å². The highest BCUT2D eigenvalue weighted by molar-refractivity contribution is 7.79. The minimum atomic E-state index is -4.27. The summed E-state index contributed by atoms with van der Waals surface area (Å²) in [4.78, 5) is 18.0. The number of hydrogen-bond acceptors (Lipinski definition) is 5. The lowest BCUT2D eigenvalue weighted by atomic mass is 9.79. The predicted molar refractivity (Wildman–Crippen MR) is 119 cm³/mol. The largest absolute Gasteiger partial charge is 0.393 e. The highest BCUT2D eigenvalue weighted by Gasteiger charge is 2.45. The van der Waals surface area contributed by atoms with E-state index in [-0.39, 0.29) is 24.8 Å². The molecular weight excluding hydrogens is 455 g/mol. The van der Waals surface area contributed by atoms with E-state index < -0.39 is 28.5 Å².